The number of piperidine rings is 1. The van der Waals surface area contributed by atoms with E-state index in [-0.39, 0.29) is 24.7 Å². The van der Waals surface area contributed by atoms with Crippen molar-refractivity contribution in [2.75, 3.05) is 13.1 Å². The topological polar surface area (TPSA) is 20.3 Å². The van der Waals surface area contributed by atoms with E-state index in [1.54, 1.807) is 0 Å². The number of rotatable bonds is 2. The Morgan fingerprint density at radius 3 is 2.69 bits per heavy atom. The Morgan fingerprint density at radius 1 is 1.54 bits per heavy atom. The zero-order chi connectivity index (χ0) is 10.1. The van der Waals surface area contributed by atoms with Crippen LogP contribution in [0.5, 0.6) is 0 Å². The summed E-state index contributed by atoms with van der Waals surface area (Å²) in [4.78, 5) is 12.5. The molecule has 1 saturated heterocycles. The molecule has 0 spiro atoms. The minimum absolute atomic E-state index is 0.0142. The van der Waals surface area contributed by atoms with Gasteiger partial charge in [0.1, 0.15) is 0 Å². The number of halogens is 2. The van der Waals surface area contributed by atoms with Crippen LogP contribution in [0.2, 0.25) is 0 Å². The number of hydrogen-bond donors (Lipinski definition) is 0. The molecule has 0 atom stereocenters. The van der Waals surface area contributed by atoms with Crippen molar-refractivity contribution in [3.8, 4) is 0 Å². The fourth-order valence-electron chi connectivity index (χ4n) is 1.50. The molecule has 1 aliphatic heterocycles. The van der Waals surface area contributed by atoms with Crippen LogP contribution in [0.25, 0.3) is 0 Å². The fraction of sp³-hybridized carbons (Fsp3) is 0.889. The maximum atomic E-state index is 12.9. The molecule has 1 fully saturated rings. The first-order chi connectivity index (χ1) is 5.91. The summed E-state index contributed by atoms with van der Waals surface area (Å²) in [6, 6.07) is 0. The number of alkyl halides is 2. The van der Waals surface area contributed by atoms with Gasteiger partial charge in [-0.2, -0.15) is 0 Å². The molecular weight excluding hydrogens is 176 g/mol. The lowest BCUT2D eigenvalue weighted by Crippen LogP contribution is -2.47. The molecule has 1 amide bonds. The predicted molar refractivity (Wildman–Crippen MR) is 45.6 cm³/mol. The highest BCUT2D eigenvalue weighted by molar-refractivity contribution is 5.77. The molecule has 0 radical (unpaired) electrons. The minimum atomic E-state index is -2.68. The van der Waals surface area contributed by atoms with Gasteiger partial charge in [-0.05, 0) is 5.92 Å². The van der Waals surface area contributed by atoms with Crippen LogP contribution < -0.4 is 0 Å². The monoisotopic (exact) mass is 191 g/mol. The average Bonchev–Trinajstić information content (AvgIpc) is 1.95. The van der Waals surface area contributed by atoms with Gasteiger partial charge in [0.05, 0.1) is 6.54 Å². The third kappa shape index (κ3) is 2.94. The summed E-state index contributed by atoms with van der Waals surface area (Å²) >= 11 is 0. The van der Waals surface area contributed by atoms with E-state index in [1.807, 2.05) is 13.8 Å². The molecule has 0 saturated carbocycles. The number of carbonyl (C=O) groups is 1. The van der Waals surface area contributed by atoms with E-state index in [0.29, 0.717) is 6.54 Å². The summed E-state index contributed by atoms with van der Waals surface area (Å²) in [7, 11) is 0. The standard InChI is InChI=1S/C9H15F2NO/c1-7(2)5-12-6-9(10,11)4-3-8(12)13/h7H,3-6H2,1-2H3. The normalized spacial score (nSPS) is 22.5. The lowest BCUT2D eigenvalue weighted by molar-refractivity contribution is -0.147. The van der Waals surface area contributed by atoms with Crippen molar-refractivity contribution in [3.05, 3.63) is 0 Å². The van der Waals surface area contributed by atoms with Crippen LogP contribution in [-0.4, -0.2) is 29.8 Å². The van der Waals surface area contributed by atoms with Gasteiger partial charge in [0.15, 0.2) is 0 Å². The van der Waals surface area contributed by atoms with E-state index in [2.05, 4.69) is 0 Å². The van der Waals surface area contributed by atoms with Crippen LogP contribution >= 0.6 is 0 Å². The highest BCUT2D eigenvalue weighted by Crippen LogP contribution is 2.27. The molecule has 0 aromatic rings. The summed E-state index contributed by atoms with van der Waals surface area (Å²) in [6.07, 6.45) is -0.305. The van der Waals surface area contributed by atoms with Crippen molar-refractivity contribution in [2.45, 2.75) is 32.6 Å². The second-order valence-corrected chi connectivity index (χ2v) is 4.02. The first-order valence-corrected chi connectivity index (χ1v) is 4.56. The number of hydrogen-bond acceptors (Lipinski definition) is 1. The second-order valence-electron chi connectivity index (χ2n) is 4.02. The van der Waals surface area contributed by atoms with Crippen molar-refractivity contribution in [2.24, 2.45) is 5.92 Å². The molecule has 76 valence electrons. The van der Waals surface area contributed by atoms with Gasteiger partial charge in [-0.15, -0.1) is 0 Å². The highest BCUT2D eigenvalue weighted by Gasteiger charge is 2.38. The summed E-state index contributed by atoms with van der Waals surface area (Å²) < 4.78 is 25.8. The SMILES string of the molecule is CC(C)CN1CC(F)(F)CCC1=O. The van der Waals surface area contributed by atoms with Crippen LogP contribution in [0, 0.1) is 5.92 Å². The molecule has 0 bridgehead atoms. The minimum Gasteiger partial charge on any atom is -0.336 e. The van der Waals surface area contributed by atoms with Crippen molar-refractivity contribution in [3.63, 3.8) is 0 Å². The molecule has 0 aromatic heterocycles. The first-order valence-electron chi connectivity index (χ1n) is 4.56. The molecule has 0 aliphatic carbocycles. The number of carbonyl (C=O) groups excluding carboxylic acids is 1. The van der Waals surface area contributed by atoms with Crippen LogP contribution in [-0.2, 0) is 4.79 Å². The van der Waals surface area contributed by atoms with Gasteiger partial charge < -0.3 is 4.90 Å². The van der Waals surface area contributed by atoms with E-state index in [9.17, 15) is 13.6 Å². The third-order valence-corrected chi connectivity index (χ3v) is 2.07. The van der Waals surface area contributed by atoms with Gasteiger partial charge in [-0.25, -0.2) is 8.78 Å². The Balaban J connectivity index is 2.55. The van der Waals surface area contributed by atoms with Crippen LogP contribution in [0.4, 0.5) is 8.78 Å². The van der Waals surface area contributed by atoms with Crippen molar-refractivity contribution in [1.82, 2.24) is 4.90 Å². The number of amides is 1. The lowest BCUT2D eigenvalue weighted by Gasteiger charge is -2.33. The van der Waals surface area contributed by atoms with E-state index >= 15 is 0 Å². The molecule has 1 aliphatic rings. The van der Waals surface area contributed by atoms with Crippen molar-refractivity contribution in [1.29, 1.82) is 0 Å². The van der Waals surface area contributed by atoms with Gasteiger partial charge in [0.2, 0.25) is 5.91 Å². The Labute approximate surface area is 76.9 Å². The zero-order valence-electron chi connectivity index (χ0n) is 8.02. The lowest BCUT2D eigenvalue weighted by atomic mass is 10.1. The Kier molecular flexibility index (Phi) is 2.88. The molecule has 13 heavy (non-hydrogen) atoms. The average molecular weight is 191 g/mol. The maximum Gasteiger partial charge on any atom is 0.265 e. The van der Waals surface area contributed by atoms with E-state index < -0.39 is 12.5 Å². The molecule has 0 unspecified atom stereocenters. The Hall–Kier alpha value is -0.670. The summed E-state index contributed by atoms with van der Waals surface area (Å²) in [5.41, 5.74) is 0. The number of nitrogens with zero attached hydrogens (tertiary/aromatic N) is 1. The quantitative estimate of drug-likeness (QED) is 0.652. The third-order valence-electron chi connectivity index (χ3n) is 2.07. The molecule has 4 heteroatoms. The maximum absolute atomic E-state index is 12.9. The van der Waals surface area contributed by atoms with Gasteiger partial charge in [-0.3, -0.25) is 4.79 Å². The molecule has 1 rings (SSSR count). The van der Waals surface area contributed by atoms with Crippen LogP contribution in [0.1, 0.15) is 26.7 Å². The Morgan fingerprint density at radius 2 is 2.15 bits per heavy atom. The van der Waals surface area contributed by atoms with Crippen molar-refractivity contribution >= 4 is 5.91 Å². The predicted octanol–water partition coefficient (Wildman–Crippen LogP) is 1.90. The van der Waals surface area contributed by atoms with Gasteiger partial charge in [-0.1, -0.05) is 13.8 Å². The van der Waals surface area contributed by atoms with Gasteiger partial charge in [0.25, 0.3) is 5.92 Å². The van der Waals surface area contributed by atoms with E-state index in [0.717, 1.165) is 0 Å². The van der Waals surface area contributed by atoms with Gasteiger partial charge in [0, 0.05) is 19.4 Å². The highest BCUT2D eigenvalue weighted by atomic mass is 19.3. The fourth-order valence-corrected chi connectivity index (χ4v) is 1.50. The van der Waals surface area contributed by atoms with Crippen molar-refractivity contribution < 1.29 is 13.6 Å². The first kappa shape index (κ1) is 10.4. The number of likely N-dealkylation sites (tertiary alicyclic amines) is 1. The van der Waals surface area contributed by atoms with E-state index in [4.69, 9.17) is 0 Å². The smallest absolute Gasteiger partial charge is 0.265 e. The summed E-state index contributed by atoms with van der Waals surface area (Å²) in [6.45, 7) is 3.87. The molecule has 0 N–H and O–H groups in total. The van der Waals surface area contributed by atoms with Crippen LogP contribution in [0.15, 0.2) is 0 Å². The Bertz CT molecular complexity index is 204. The molecule has 1 heterocycles. The molecule has 2 nitrogen and oxygen atoms in total. The zero-order valence-corrected chi connectivity index (χ0v) is 8.02. The largest absolute Gasteiger partial charge is 0.336 e. The van der Waals surface area contributed by atoms with Crippen LogP contribution in [0.3, 0.4) is 0 Å². The second kappa shape index (κ2) is 3.60. The summed E-state index contributed by atoms with van der Waals surface area (Å²) in [5, 5.41) is 0. The molecule has 0 aromatic carbocycles. The summed E-state index contributed by atoms with van der Waals surface area (Å²) in [5.74, 6) is -2.57. The van der Waals surface area contributed by atoms with E-state index in [1.165, 1.54) is 4.90 Å². The molecular formula is C9H15F2NO. The van der Waals surface area contributed by atoms with Gasteiger partial charge >= 0.3 is 0 Å².